The Kier molecular flexibility index (Phi) is 4.55. The Morgan fingerprint density at radius 3 is 2.56 bits per heavy atom. The fourth-order valence-electron chi connectivity index (χ4n) is 2.32. The standard InChI is InChI=1S/C16H14F3N5O/c1-25-13-8-7-11(14(9-13)16(17,18)19)10-20-15-21-22-23-24(15)12-5-3-2-4-6-12/h2-9H,10H2,1H3,(H,20,21,23). The molecule has 1 heterocycles. The molecule has 0 spiro atoms. The second kappa shape index (κ2) is 6.80. The maximum atomic E-state index is 13.2. The number of nitrogens with zero attached hydrogens (tertiary/aromatic N) is 4. The van der Waals surface area contributed by atoms with Gasteiger partial charge in [0.1, 0.15) is 5.75 Å². The van der Waals surface area contributed by atoms with Crippen molar-refractivity contribution in [1.29, 1.82) is 0 Å². The number of hydrogen-bond donors (Lipinski definition) is 1. The van der Waals surface area contributed by atoms with E-state index in [2.05, 4.69) is 20.8 Å². The number of para-hydroxylation sites is 1. The predicted molar refractivity (Wildman–Crippen MR) is 84.5 cm³/mol. The molecule has 0 unspecified atom stereocenters. The number of tetrazole rings is 1. The van der Waals surface area contributed by atoms with E-state index in [0.717, 1.165) is 6.07 Å². The van der Waals surface area contributed by atoms with E-state index in [1.165, 1.54) is 23.9 Å². The SMILES string of the molecule is COc1ccc(CNc2nnnn2-c2ccccc2)c(C(F)(F)F)c1. The van der Waals surface area contributed by atoms with Gasteiger partial charge in [-0.15, -0.1) is 0 Å². The molecule has 130 valence electrons. The van der Waals surface area contributed by atoms with Crippen LogP contribution >= 0.6 is 0 Å². The molecule has 0 saturated heterocycles. The molecule has 1 N–H and O–H groups in total. The molecule has 0 saturated carbocycles. The minimum absolute atomic E-state index is 0.0657. The Bertz CT molecular complexity index is 848. The largest absolute Gasteiger partial charge is 0.497 e. The molecule has 0 atom stereocenters. The Morgan fingerprint density at radius 1 is 1.12 bits per heavy atom. The molecular weight excluding hydrogens is 335 g/mol. The fraction of sp³-hybridized carbons (Fsp3) is 0.188. The van der Waals surface area contributed by atoms with Gasteiger partial charge in [-0.3, -0.25) is 0 Å². The van der Waals surface area contributed by atoms with Crippen molar-refractivity contribution in [2.24, 2.45) is 0 Å². The summed E-state index contributed by atoms with van der Waals surface area (Å²) in [7, 11) is 1.32. The van der Waals surface area contributed by atoms with Crippen molar-refractivity contribution in [2.45, 2.75) is 12.7 Å². The van der Waals surface area contributed by atoms with E-state index in [-0.39, 0.29) is 23.8 Å². The summed E-state index contributed by atoms with van der Waals surface area (Å²) in [6.07, 6.45) is -4.49. The molecule has 1 aromatic heterocycles. The van der Waals surface area contributed by atoms with Crippen LogP contribution in [-0.2, 0) is 12.7 Å². The molecule has 2 aromatic carbocycles. The van der Waals surface area contributed by atoms with Gasteiger partial charge in [0.2, 0.25) is 5.95 Å². The van der Waals surface area contributed by atoms with E-state index in [4.69, 9.17) is 4.74 Å². The summed E-state index contributed by atoms with van der Waals surface area (Å²) in [4.78, 5) is 0. The maximum Gasteiger partial charge on any atom is 0.416 e. The number of methoxy groups -OCH3 is 1. The number of aromatic nitrogens is 4. The first-order valence-corrected chi connectivity index (χ1v) is 7.31. The van der Waals surface area contributed by atoms with Gasteiger partial charge >= 0.3 is 6.18 Å². The third-order valence-corrected chi connectivity index (χ3v) is 3.53. The monoisotopic (exact) mass is 349 g/mol. The highest BCUT2D eigenvalue weighted by molar-refractivity contribution is 5.42. The van der Waals surface area contributed by atoms with Crippen LogP contribution in [0.25, 0.3) is 5.69 Å². The van der Waals surface area contributed by atoms with Crippen LogP contribution in [0.3, 0.4) is 0 Å². The molecule has 0 bridgehead atoms. The number of alkyl halides is 3. The van der Waals surface area contributed by atoms with Crippen LogP contribution in [0.5, 0.6) is 5.75 Å². The number of anilines is 1. The first kappa shape index (κ1) is 16.7. The van der Waals surface area contributed by atoms with Gasteiger partial charge in [0.25, 0.3) is 0 Å². The Balaban J connectivity index is 1.85. The predicted octanol–water partition coefficient (Wildman–Crippen LogP) is 3.30. The second-order valence-electron chi connectivity index (χ2n) is 5.12. The zero-order valence-corrected chi connectivity index (χ0v) is 13.2. The summed E-state index contributed by atoms with van der Waals surface area (Å²) in [5.41, 5.74) is -0.00484. The smallest absolute Gasteiger partial charge is 0.416 e. The number of halogens is 3. The van der Waals surface area contributed by atoms with Crippen LogP contribution in [0.4, 0.5) is 19.1 Å². The van der Waals surface area contributed by atoms with Gasteiger partial charge in [0, 0.05) is 6.54 Å². The third-order valence-electron chi connectivity index (χ3n) is 3.53. The van der Waals surface area contributed by atoms with Gasteiger partial charge in [-0.2, -0.15) is 17.9 Å². The topological polar surface area (TPSA) is 64.9 Å². The van der Waals surface area contributed by atoms with Crippen LogP contribution in [-0.4, -0.2) is 27.3 Å². The van der Waals surface area contributed by atoms with Crippen LogP contribution in [0, 0.1) is 0 Å². The van der Waals surface area contributed by atoms with Gasteiger partial charge in [0.15, 0.2) is 0 Å². The molecule has 9 heteroatoms. The highest BCUT2D eigenvalue weighted by atomic mass is 19.4. The average Bonchev–Trinajstić information content (AvgIpc) is 3.08. The van der Waals surface area contributed by atoms with E-state index in [1.54, 1.807) is 12.1 Å². The molecule has 0 aliphatic heterocycles. The van der Waals surface area contributed by atoms with E-state index in [1.807, 2.05) is 18.2 Å². The lowest BCUT2D eigenvalue weighted by atomic mass is 10.1. The third kappa shape index (κ3) is 3.70. The molecule has 3 aromatic rings. The highest BCUT2D eigenvalue weighted by Crippen LogP contribution is 2.34. The minimum atomic E-state index is -4.49. The number of benzene rings is 2. The maximum absolute atomic E-state index is 13.2. The Labute approximate surface area is 141 Å². The summed E-state index contributed by atoms with van der Waals surface area (Å²) in [6, 6.07) is 12.9. The molecule has 0 aliphatic rings. The van der Waals surface area contributed by atoms with Gasteiger partial charge in [-0.25, -0.2) is 0 Å². The highest BCUT2D eigenvalue weighted by Gasteiger charge is 2.33. The lowest BCUT2D eigenvalue weighted by Crippen LogP contribution is -2.14. The average molecular weight is 349 g/mol. The fourth-order valence-corrected chi connectivity index (χ4v) is 2.32. The first-order chi connectivity index (χ1) is 12.0. The van der Waals surface area contributed by atoms with Crippen molar-refractivity contribution >= 4 is 5.95 Å². The van der Waals surface area contributed by atoms with Gasteiger partial charge < -0.3 is 10.1 Å². The molecule has 6 nitrogen and oxygen atoms in total. The number of hydrogen-bond acceptors (Lipinski definition) is 5. The Hall–Kier alpha value is -3.10. The van der Waals surface area contributed by atoms with E-state index >= 15 is 0 Å². The molecular formula is C16H14F3N5O. The lowest BCUT2D eigenvalue weighted by Gasteiger charge is -2.15. The molecule has 0 fully saturated rings. The van der Waals surface area contributed by atoms with Crippen molar-refractivity contribution in [3.05, 3.63) is 59.7 Å². The van der Waals surface area contributed by atoms with E-state index in [9.17, 15) is 13.2 Å². The zero-order chi connectivity index (χ0) is 17.9. The summed E-state index contributed by atoms with van der Waals surface area (Å²) >= 11 is 0. The molecule has 0 amide bonds. The van der Waals surface area contributed by atoms with Crippen LogP contribution in [0.1, 0.15) is 11.1 Å². The zero-order valence-electron chi connectivity index (χ0n) is 13.2. The van der Waals surface area contributed by atoms with Crippen molar-refractivity contribution in [3.8, 4) is 11.4 Å². The Morgan fingerprint density at radius 2 is 1.88 bits per heavy atom. The van der Waals surface area contributed by atoms with Crippen LogP contribution in [0.2, 0.25) is 0 Å². The van der Waals surface area contributed by atoms with E-state index < -0.39 is 11.7 Å². The summed E-state index contributed by atoms with van der Waals surface area (Å²) in [5, 5.41) is 14.1. The molecule has 0 radical (unpaired) electrons. The van der Waals surface area contributed by atoms with Gasteiger partial charge in [-0.1, -0.05) is 29.4 Å². The van der Waals surface area contributed by atoms with E-state index in [0.29, 0.717) is 5.69 Å². The van der Waals surface area contributed by atoms with Crippen molar-refractivity contribution in [2.75, 3.05) is 12.4 Å². The molecule has 25 heavy (non-hydrogen) atoms. The molecule has 0 aliphatic carbocycles. The minimum Gasteiger partial charge on any atom is -0.497 e. The molecule has 3 rings (SSSR count). The summed E-state index contributed by atoms with van der Waals surface area (Å²) < 4.78 is 46.0. The number of nitrogens with one attached hydrogen (secondary N) is 1. The normalized spacial score (nSPS) is 11.4. The summed E-state index contributed by atoms with van der Waals surface area (Å²) in [6.45, 7) is -0.0912. The first-order valence-electron chi connectivity index (χ1n) is 7.31. The van der Waals surface area contributed by atoms with Crippen LogP contribution < -0.4 is 10.1 Å². The van der Waals surface area contributed by atoms with Crippen LogP contribution in [0.15, 0.2) is 48.5 Å². The van der Waals surface area contributed by atoms with Crippen molar-refractivity contribution in [1.82, 2.24) is 20.2 Å². The lowest BCUT2D eigenvalue weighted by molar-refractivity contribution is -0.138. The quantitative estimate of drug-likeness (QED) is 0.766. The second-order valence-corrected chi connectivity index (χ2v) is 5.12. The van der Waals surface area contributed by atoms with Gasteiger partial charge in [-0.05, 0) is 40.3 Å². The number of rotatable bonds is 5. The van der Waals surface area contributed by atoms with Crippen molar-refractivity contribution in [3.63, 3.8) is 0 Å². The summed E-state index contributed by atoms with van der Waals surface area (Å²) in [5.74, 6) is 0.389. The van der Waals surface area contributed by atoms with Gasteiger partial charge in [0.05, 0.1) is 18.4 Å². The van der Waals surface area contributed by atoms with Crippen molar-refractivity contribution < 1.29 is 17.9 Å². The number of ether oxygens (including phenoxy) is 1.